The molecular formula is C22H20Cl2N6O2. The Balaban J connectivity index is 1.36. The molecule has 0 spiro atoms. The molecule has 3 heterocycles. The molecule has 1 saturated carbocycles. The van der Waals surface area contributed by atoms with Gasteiger partial charge in [0.1, 0.15) is 11.9 Å². The number of rotatable bonds is 6. The van der Waals surface area contributed by atoms with Crippen LogP contribution in [0.25, 0.3) is 10.9 Å². The predicted molar refractivity (Wildman–Crippen MR) is 122 cm³/mol. The predicted octanol–water partition coefficient (Wildman–Crippen LogP) is 5.58. The number of benzene rings is 1. The summed E-state index contributed by atoms with van der Waals surface area (Å²) < 4.78 is 7.96. The summed E-state index contributed by atoms with van der Waals surface area (Å²) in [6.07, 6.45) is 9.60. The minimum absolute atomic E-state index is 0.273. The number of nitrogens with zero attached hydrogens (tertiary/aromatic N) is 4. The molecule has 4 aromatic rings. The van der Waals surface area contributed by atoms with E-state index in [2.05, 4.69) is 25.6 Å². The Hall–Kier alpha value is -3.10. The van der Waals surface area contributed by atoms with E-state index in [0.29, 0.717) is 38.5 Å². The molecule has 10 heteroatoms. The standard InChI is InChI=1S/C22H20Cl2N6O2/c1-12(20-17(23)9-25-10-18(20)24)32-15-5-6-19-16(7-15)21(29-28-19)22(31)27-13-8-26-30(11-13)14-3-2-4-14/h5-12,14H,2-4H2,1H3,(H,27,31)(H,28,29). The van der Waals surface area contributed by atoms with Gasteiger partial charge in [0.05, 0.1) is 33.5 Å². The van der Waals surface area contributed by atoms with Crippen LogP contribution < -0.4 is 10.1 Å². The molecule has 1 aromatic carbocycles. The summed E-state index contributed by atoms with van der Waals surface area (Å²) in [7, 11) is 0. The van der Waals surface area contributed by atoms with Crippen molar-refractivity contribution in [3.63, 3.8) is 0 Å². The highest BCUT2D eigenvalue weighted by atomic mass is 35.5. The number of anilines is 1. The van der Waals surface area contributed by atoms with Crippen LogP contribution in [-0.2, 0) is 0 Å². The number of ether oxygens (including phenoxy) is 1. The molecule has 1 atom stereocenters. The number of hydrogen-bond acceptors (Lipinski definition) is 5. The molecule has 1 fully saturated rings. The third-order valence-electron chi connectivity index (χ3n) is 5.67. The molecule has 1 unspecified atom stereocenters. The Morgan fingerprint density at radius 2 is 2.03 bits per heavy atom. The zero-order valence-corrected chi connectivity index (χ0v) is 18.7. The van der Waals surface area contributed by atoms with Gasteiger partial charge in [-0.1, -0.05) is 23.2 Å². The molecule has 8 nitrogen and oxygen atoms in total. The molecule has 0 bridgehead atoms. The summed E-state index contributed by atoms with van der Waals surface area (Å²) in [6, 6.07) is 5.80. The SMILES string of the molecule is CC(Oc1ccc2[nH]nc(C(=O)Nc3cnn(C4CCC4)c3)c2c1)c1c(Cl)cncc1Cl. The number of amides is 1. The van der Waals surface area contributed by atoms with Gasteiger partial charge in [0, 0.05) is 29.5 Å². The average molecular weight is 471 g/mol. The van der Waals surface area contributed by atoms with Crippen LogP contribution in [0.2, 0.25) is 10.0 Å². The number of aromatic nitrogens is 5. The van der Waals surface area contributed by atoms with Crippen molar-refractivity contribution in [2.75, 3.05) is 5.32 Å². The van der Waals surface area contributed by atoms with Crippen molar-refractivity contribution in [3.05, 3.63) is 64.3 Å². The molecule has 0 radical (unpaired) electrons. The van der Waals surface area contributed by atoms with Crippen LogP contribution in [0.4, 0.5) is 5.69 Å². The van der Waals surface area contributed by atoms with Gasteiger partial charge >= 0.3 is 0 Å². The van der Waals surface area contributed by atoms with Crippen LogP contribution in [0, 0.1) is 0 Å². The van der Waals surface area contributed by atoms with Crippen molar-refractivity contribution < 1.29 is 9.53 Å². The number of fused-ring (bicyclic) bond motifs is 1. The van der Waals surface area contributed by atoms with Gasteiger partial charge in [0.2, 0.25) is 0 Å². The largest absolute Gasteiger partial charge is 0.486 e. The molecule has 0 saturated heterocycles. The summed E-state index contributed by atoms with van der Waals surface area (Å²) in [6.45, 7) is 1.85. The number of pyridine rings is 1. The molecular weight excluding hydrogens is 451 g/mol. The van der Waals surface area contributed by atoms with E-state index in [4.69, 9.17) is 27.9 Å². The number of nitrogens with one attached hydrogen (secondary N) is 2. The van der Waals surface area contributed by atoms with E-state index in [1.807, 2.05) is 23.9 Å². The van der Waals surface area contributed by atoms with Crippen LogP contribution in [0.5, 0.6) is 5.75 Å². The van der Waals surface area contributed by atoms with E-state index in [-0.39, 0.29) is 11.6 Å². The first-order valence-corrected chi connectivity index (χ1v) is 11.0. The Bertz CT molecular complexity index is 1280. The molecule has 1 amide bonds. The van der Waals surface area contributed by atoms with Gasteiger partial charge in [-0.15, -0.1) is 0 Å². The minimum atomic E-state index is -0.419. The van der Waals surface area contributed by atoms with Crippen molar-refractivity contribution in [1.29, 1.82) is 0 Å². The molecule has 1 aliphatic carbocycles. The molecule has 3 aromatic heterocycles. The number of carbonyl (C=O) groups excluding carboxylic acids is 1. The van der Waals surface area contributed by atoms with Gasteiger partial charge < -0.3 is 10.1 Å². The quantitative estimate of drug-likeness (QED) is 0.383. The second-order valence-corrected chi connectivity index (χ2v) is 8.62. The van der Waals surface area contributed by atoms with E-state index < -0.39 is 6.10 Å². The fraction of sp³-hybridized carbons (Fsp3) is 0.273. The number of H-pyrrole nitrogens is 1. The van der Waals surface area contributed by atoms with Crippen LogP contribution in [0.3, 0.4) is 0 Å². The fourth-order valence-electron chi connectivity index (χ4n) is 3.76. The van der Waals surface area contributed by atoms with Crippen LogP contribution in [-0.4, -0.2) is 30.9 Å². The topological polar surface area (TPSA) is 97.7 Å². The monoisotopic (exact) mass is 470 g/mol. The fourth-order valence-corrected chi connectivity index (χ4v) is 4.43. The first-order chi connectivity index (χ1) is 15.5. The second-order valence-electron chi connectivity index (χ2n) is 7.80. The smallest absolute Gasteiger partial charge is 0.276 e. The van der Waals surface area contributed by atoms with Crippen molar-refractivity contribution in [3.8, 4) is 5.75 Å². The number of aromatic amines is 1. The van der Waals surface area contributed by atoms with Gasteiger partial charge in [-0.05, 0) is 44.4 Å². The molecule has 164 valence electrons. The summed E-state index contributed by atoms with van der Waals surface area (Å²) >= 11 is 12.5. The second kappa shape index (κ2) is 8.44. The van der Waals surface area contributed by atoms with Gasteiger partial charge in [-0.25, -0.2) is 0 Å². The lowest BCUT2D eigenvalue weighted by molar-refractivity contribution is 0.102. The van der Waals surface area contributed by atoms with Crippen LogP contribution in [0.15, 0.2) is 43.0 Å². The highest BCUT2D eigenvalue weighted by Crippen LogP contribution is 2.34. The summed E-state index contributed by atoms with van der Waals surface area (Å²) in [5, 5.41) is 15.8. The lowest BCUT2D eigenvalue weighted by Crippen LogP contribution is -2.17. The zero-order valence-electron chi connectivity index (χ0n) is 17.2. The Kier molecular flexibility index (Phi) is 5.48. The average Bonchev–Trinajstić information content (AvgIpc) is 3.33. The normalized spacial score (nSPS) is 14.8. The Morgan fingerprint density at radius 3 is 2.75 bits per heavy atom. The van der Waals surface area contributed by atoms with Crippen molar-refractivity contribution in [2.45, 2.75) is 38.3 Å². The summed E-state index contributed by atoms with van der Waals surface area (Å²) in [5.74, 6) is 0.233. The Labute approximate surface area is 193 Å². The maximum absolute atomic E-state index is 12.9. The third kappa shape index (κ3) is 3.91. The molecule has 2 N–H and O–H groups in total. The highest BCUT2D eigenvalue weighted by molar-refractivity contribution is 6.35. The Morgan fingerprint density at radius 1 is 1.25 bits per heavy atom. The molecule has 5 rings (SSSR count). The number of halogens is 2. The number of hydrogen-bond donors (Lipinski definition) is 2. The van der Waals surface area contributed by atoms with Crippen molar-refractivity contribution in [1.82, 2.24) is 25.0 Å². The van der Waals surface area contributed by atoms with Gasteiger partial charge in [-0.2, -0.15) is 10.2 Å². The lowest BCUT2D eigenvalue weighted by Gasteiger charge is -2.25. The molecule has 1 aliphatic rings. The van der Waals surface area contributed by atoms with Crippen molar-refractivity contribution in [2.24, 2.45) is 0 Å². The first kappa shape index (κ1) is 20.8. The zero-order chi connectivity index (χ0) is 22.2. The van der Waals surface area contributed by atoms with Gasteiger partial charge in [-0.3, -0.25) is 19.6 Å². The van der Waals surface area contributed by atoms with E-state index in [9.17, 15) is 4.79 Å². The summed E-state index contributed by atoms with van der Waals surface area (Å²) in [4.78, 5) is 16.9. The first-order valence-electron chi connectivity index (χ1n) is 10.3. The maximum atomic E-state index is 12.9. The molecule has 0 aliphatic heterocycles. The summed E-state index contributed by atoms with van der Waals surface area (Å²) in [5.41, 5.74) is 2.29. The van der Waals surface area contributed by atoms with Gasteiger partial charge in [0.15, 0.2) is 5.69 Å². The van der Waals surface area contributed by atoms with Crippen LogP contribution >= 0.6 is 23.2 Å². The van der Waals surface area contributed by atoms with E-state index >= 15 is 0 Å². The highest BCUT2D eigenvalue weighted by Gasteiger charge is 2.22. The third-order valence-corrected chi connectivity index (χ3v) is 6.27. The van der Waals surface area contributed by atoms with E-state index in [1.165, 1.54) is 18.8 Å². The van der Waals surface area contributed by atoms with E-state index in [1.54, 1.807) is 18.3 Å². The number of carbonyl (C=O) groups is 1. The maximum Gasteiger partial charge on any atom is 0.276 e. The minimum Gasteiger partial charge on any atom is -0.486 e. The van der Waals surface area contributed by atoms with E-state index in [0.717, 1.165) is 18.4 Å². The molecule has 32 heavy (non-hydrogen) atoms. The van der Waals surface area contributed by atoms with Crippen LogP contribution in [0.1, 0.15) is 54.4 Å². The van der Waals surface area contributed by atoms with Crippen molar-refractivity contribution >= 4 is 45.7 Å². The lowest BCUT2D eigenvalue weighted by atomic mass is 9.93. The van der Waals surface area contributed by atoms with Gasteiger partial charge in [0.25, 0.3) is 5.91 Å².